The summed E-state index contributed by atoms with van der Waals surface area (Å²) in [6, 6.07) is 2.12. The Hall–Kier alpha value is -0.910. The molecular weight excluding hydrogens is 218 g/mol. The molecule has 0 saturated heterocycles. The maximum absolute atomic E-state index is 9.86. The van der Waals surface area contributed by atoms with Gasteiger partial charge < -0.3 is 15.2 Å². The van der Waals surface area contributed by atoms with E-state index in [9.17, 15) is 5.11 Å². The standard InChI is InChI=1S/C12H23N3O2/c1-10(2)12(9-17-3)13-7-11(16)8-15-6-4-5-14-15/h4-6,10-13,16H,7-9H2,1-3H3. The minimum atomic E-state index is -0.437. The molecule has 1 heterocycles. The van der Waals surface area contributed by atoms with Crippen LogP contribution in [0.2, 0.25) is 0 Å². The number of aliphatic hydroxyl groups excluding tert-OH is 1. The highest BCUT2D eigenvalue weighted by Crippen LogP contribution is 2.02. The van der Waals surface area contributed by atoms with Gasteiger partial charge in [-0.15, -0.1) is 0 Å². The first kappa shape index (κ1) is 14.2. The molecule has 2 unspecified atom stereocenters. The monoisotopic (exact) mass is 241 g/mol. The summed E-state index contributed by atoms with van der Waals surface area (Å²) < 4.78 is 6.87. The molecule has 0 amide bonds. The number of methoxy groups -OCH3 is 1. The molecule has 0 aliphatic rings. The maximum Gasteiger partial charge on any atom is 0.0860 e. The molecule has 0 fully saturated rings. The molecule has 2 atom stereocenters. The SMILES string of the molecule is COCC(NCC(O)Cn1cccn1)C(C)C. The molecule has 1 rings (SSSR count). The van der Waals surface area contributed by atoms with Crippen LogP contribution in [0.5, 0.6) is 0 Å². The molecule has 2 N–H and O–H groups in total. The Balaban J connectivity index is 2.28. The highest BCUT2D eigenvalue weighted by molar-refractivity contribution is 4.79. The van der Waals surface area contributed by atoms with Crippen molar-refractivity contribution >= 4 is 0 Å². The zero-order valence-electron chi connectivity index (χ0n) is 10.8. The van der Waals surface area contributed by atoms with Crippen LogP contribution in [-0.2, 0) is 11.3 Å². The molecule has 0 spiro atoms. The molecule has 98 valence electrons. The number of hydrogen-bond acceptors (Lipinski definition) is 4. The zero-order chi connectivity index (χ0) is 12.7. The minimum absolute atomic E-state index is 0.271. The predicted octanol–water partition coefficient (Wildman–Crippen LogP) is 0.505. The average Bonchev–Trinajstić information content (AvgIpc) is 2.76. The molecule has 0 aliphatic carbocycles. The van der Waals surface area contributed by atoms with Crippen LogP contribution < -0.4 is 5.32 Å². The fraction of sp³-hybridized carbons (Fsp3) is 0.750. The van der Waals surface area contributed by atoms with E-state index in [1.807, 2.05) is 12.3 Å². The van der Waals surface area contributed by atoms with E-state index in [4.69, 9.17) is 4.74 Å². The van der Waals surface area contributed by atoms with E-state index in [0.717, 1.165) is 0 Å². The molecular formula is C12H23N3O2. The number of hydrogen-bond donors (Lipinski definition) is 2. The highest BCUT2D eigenvalue weighted by Gasteiger charge is 2.14. The van der Waals surface area contributed by atoms with Crippen molar-refractivity contribution in [2.24, 2.45) is 5.92 Å². The molecule has 1 aromatic rings. The first-order valence-electron chi connectivity index (χ1n) is 6.01. The van der Waals surface area contributed by atoms with Crippen molar-refractivity contribution in [1.82, 2.24) is 15.1 Å². The van der Waals surface area contributed by atoms with Crippen LogP contribution in [-0.4, -0.2) is 47.3 Å². The number of rotatable bonds is 8. The van der Waals surface area contributed by atoms with Crippen LogP contribution in [0.4, 0.5) is 0 Å². The van der Waals surface area contributed by atoms with Crippen LogP contribution in [0, 0.1) is 5.92 Å². The lowest BCUT2D eigenvalue weighted by Crippen LogP contribution is -2.42. The number of aliphatic hydroxyl groups is 1. The second-order valence-corrected chi connectivity index (χ2v) is 4.60. The van der Waals surface area contributed by atoms with Crippen LogP contribution in [0.15, 0.2) is 18.5 Å². The summed E-state index contributed by atoms with van der Waals surface area (Å²) in [5.74, 6) is 0.479. The molecule has 0 radical (unpaired) electrons. The van der Waals surface area contributed by atoms with Crippen LogP contribution >= 0.6 is 0 Å². The van der Waals surface area contributed by atoms with E-state index >= 15 is 0 Å². The molecule has 5 nitrogen and oxygen atoms in total. The quantitative estimate of drug-likeness (QED) is 0.696. The van der Waals surface area contributed by atoms with Gasteiger partial charge in [0.25, 0.3) is 0 Å². The van der Waals surface area contributed by atoms with Crippen LogP contribution in [0.3, 0.4) is 0 Å². The van der Waals surface area contributed by atoms with E-state index in [2.05, 4.69) is 24.3 Å². The number of nitrogens with one attached hydrogen (secondary N) is 1. The van der Waals surface area contributed by atoms with E-state index in [1.165, 1.54) is 0 Å². The lowest BCUT2D eigenvalue weighted by molar-refractivity contribution is 0.114. The third-order valence-corrected chi connectivity index (χ3v) is 2.72. The Labute approximate surface area is 103 Å². The third kappa shape index (κ3) is 5.30. The van der Waals surface area contributed by atoms with E-state index in [0.29, 0.717) is 25.6 Å². The topological polar surface area (TPSA) is 59.3 Å². The van der Waals surface area contributed by atoms with Crippen molar-refractivity contribution < 1.29 is 9.84 Å². The molecule has 5 heteroatoms. The molecule has 0 saturated carbocycles. The summed E-state index contributed by atoms with van der Waals surface area (Å²) in [6.45, 7) is 5.99. The van der Waals surface area contributed by atoms with Crippen molar-refractivity contribution in [3.8, 4) is 0 Å². The molecule has 1 aromatic heterocycles. The first-order chi connectivity index (χ1) is 8.13. The highest BCUT2D eigenvalue weighted by atomic mass is 16.5. The maximum atomic E-state index is 9.86. The normalized spacial score (nSPS) is 15.1. The molecule has 0 aliphatic heterocycles. The summed E-state index contributed by atoms with van der Waals surface area (Å²) in [5.41, 5.74) is 0. The summed E-state index contributed by atoms with van der Waals surface area (Å²) in [6.07, 6.45) is 3.12. The Kier molecular flexibility index (Phi) is 6.18. The van der Waals surface area contributed by atoms with Gasteiger partial charge in [0.2, 0.25) is 0 Å². The second kappa shape index (κ2) is 7.42. The smallest absolute Gasteiger partial charge is 0.0860 e. The van der Waals surface area contributed by atoms with Gasteiger partial charge in [0.1, 0.15) is 0 Å². The fourth-order valence-electron chi connectivity index (χ4n) is 1.64. The summed E-state index contributed by atoms with van der Waals surface area (Å²) in [4.78, 5) is 0. The zero-order valence-corrected chi connectivity index (χ0v) is 10.8. The van der Waals surface area contributed by atoms with Crippen molar-refractivity contribution in [3.05, 3.63) is 18.5 Å². The van der Waals surface area contributed by atoms with Crippen molar-refractivity contribution in [1.29, 1.82) is 0 Å². The third-order valence-electron chi connectivity index (χ3n) is 2.72. The Bertz CT molecular complexity index is 288. The summed E-state index contributed by atoms with van der Waals surface area (Å²) in [5, 5.41) is 17.2. The number of nitrogens with zero attached hydrogens (tertiary/aromatic N) is 2. The van der Waals surface area contributed by atoms with Gasteiger partial charge in [-0.1, -0.05) is 13.8 Å². The summed E-state index contributed by atoms with van der Waals surface area (Å²) >= 11 is 0. The molecule has 0 bridgehead atoms. The van der Waals surface area contributed by atoms with Gasteiger partial charge in [0.05, 0.1) is 19.3 Å². The predicted molar refractivity (Wildman–Crippen MR) is 66.7 cm³/mol. The van der Waals surface area contributed by atoms with Crippen molar-refractivity contribution in [2.75, 3.05) is 20.3 Å². The Morgan fingerprint density at radius 3 is 2.76 bits per heavy atom. The van der Waals surface area contributed by atoms with E-state index < -0.39 is 6.10 Å². The molecule has 0 aromatic carbocycles. The van der Waals surface area contributed by atoms with Crippen LogP contribution in [0.1, 0.15) is 13.8 Å². The molecule has 17 heavy (non-hydrogen) atoms. The van der Waals surface area contributed by atoms with Gasteiger partial charge in [-0.05, 0) is 12.0 Å². The van der Waals surface area contributed by atoms with Gasteiger partial charge in [-0.2, -0.15) is 5.10 Å². The Morgan fingerprint density at radius 1 is 1.47 bits per heavy atom. The van der Waals surface area contributed by atoms with Gasteiger partial charge in [-0.3, -0.25) is 4.68 Å². The van der Waals surface area contributed by atoms with Gasteiger partial charge in [-0.25, -0.2) is 0 Å². The largest absolute Gasteiger partial charge is 0.390 e. The Morgan fingerprint density at radius 2 is 2.24 bits per heavy atom. The van der Waals surface area contributed by atoms with Crippen molar-refractivity contribution in [3.63, 3.8) is 0 Å². The first-order valence-corrected chi connectivity index (χ1v) is 6.01. The van der Waals surface area contributed by atoms with E-state index in [1.54, 1.807) is 18.0 Å². The van der Waals surface area contributed by atoms with E-state index in [-0.39, 0.29) is 6.04 Å². The average molecular weight is 241 g/mol. The minimum Gasteiger partial charge on any atom is -0.390 e. The van der Waals surface area contributed by atoms with Crippen LogP contribution in [0.25, 0.3) is 0 Å². The number of ether oxygens (including phenoxy) is 1. The second-order valence-electron chi connectivity index (χ2n) is 4.60. The number of aromatic nitrogens is 2. The van der Waals surface area contributed by atoms with Crippen molar-refractivity contribution in [2.45, 2.75) is 32.5 Å². The lowest BCUT2D eigenvalue weighted by atomic mass is 10.1. The van der Waals surface area contributed by atoms with Gasteiger partial charge >= 0.3 is 0 Å². The van der Waals surface area contributed by atoms with Gasteiger partial charge in [0, 0.05) is 32.1 Å². The van der Waals surface area contributed by atoms with Gasteiger partial charge in [0.15, 0.2) is 0 Å². The lowest BCUT2D eigenvalue weighted by Gasteiger charge is -2.23. The summed E-state index contributed by atoms with van der Waals surface area (Å²) in [7, 11) is 1.69. The fourth-order valence-corrected chi connectivity index (χ4v) is 1.64.